The first kappa shape index (κ1) is 18.9. The second-order valence-electron chi connectivity index (χ2n) is 4.80. The van der Waals surface area contributed by atoms with Gasteiger partial charge in [0.1, 0.15) is 6.54 Å². The number of nitrogens with one attached hydrogen (secondary N) is 2. The third kappa shape index (κ3) is 6.17. The van der Waals surface area contributed by atoms with Crippen molar-refractivity contribution >= 4 is 56.8 Å². The third-order valence-electron chi connectivity index (χ3n) is 3.03. The van der Waals surface area contributed by atoms with Crippen molar-refractivity contribution in [1.29, 1.82) is 0 Å². The molecular formula is C17H15BrN2O4S. The van der Waals surface area contributed by atoms with E-state index in [1.165, 1.54) is 24.5 Å². The zero-order valence-electron chi connectivity index (χ0n) is 13.2. The van der Waals surface area contributed by atoms with Crippen molar-refractivity contribution in [1.82, 2.24) is 5.32 Å². The Hall–Kier alpha value is -2.45. The second-order valence-corrected chi connectivity index (χ2v) is 7.30. The average molecular weight is 423 g/mol. The summed E-state index contributed by atoms with van der Waals surface area (Å²) in [6.07, 6.45) is 3.16. The van der Waals surface area contributed by atoms with Gasteiger partial charge < -0.3 is 15.4 Å². The topological polar surface area (TPSA) is 84.5 Å². The minimum absolute atomic E-state index is 0.197. The standard InChI is InChI=1S/C17H15BrN2O4S/c1-24-16(22)10-19-17(23)11-2-4-12(5-3-11)20-15(21)9-7-13-6-8-14(18)25-13/h2-9H,10H2,1H3,(H,19,23)(H,20,21)/b9-7+. The summed E-state index contributed by atoms with van der Waals surface area (Å²) in [5, 5.41) is 5.14. The van der Waals surface area contributed by atoms with Crippen LogP contribution in [0.15, 0.2) is 46.3 Å². The molecule has 0 saturated carbocycles. The summed E-state index contributed by atoms with van der Waals surface area (Å²) in [5.41, 5.74) is 0.937. The van der Waals surface area contributed by atoms with E-state index in [0.29, 0.717) is 11.3 Å². The first-order valence-electron chi connectivity index (χ1n) is 7.17. The van der Waals surface area contributed by atoms with Crippen molar-refractivity contribution in [3.8, 4) is 0 Å². The van der Waals surface area contributed by atoms with Crippen molar-refractivity contribution < 1.29 is 19.1 Å². The summed E-state index contributed by atoms with van der Waals surface area (Å²) in [4.78, 5) is 35.7. The predicted octanol–water partition coefficient (Wildman–Crippen LogP) is 3.07. The van der Waals surface area contributed by atoms with Crippen LogP contribution in [0.5, 0.6) is 0 Å². The predicted molar refractivity (Wildman–Crippen MR) is 100 cm³/mol. The lowest BCUT2D eigenvalue weighted by molar-refractivity contribution is -0.139. The average Bonchev–Trinajstić information content (AvgIpc) is 3.03. The fraction of sp³-hybridized carbons (Fsp3) is 0.118. The number of halogens is 1. The van der Waals surface area contributed by atoms with Gasteiger partial charge in [0.25, 0.3) is 5.91 Å². The SMILES string of the molecule is COC(=O)CNC(=O)c1ccc(NC(=O)/C=C/c2ccc(Br)s2)cc1. The van der Waals surface area contributed by atoms with E-state index in [1.807, 2.05) is 12.1 Å². The number of esters is 1. The first-order valence-corrected chi connectivity index (χ1v) is 8.78. The van der Waals surface area contributed by atoms with E-state index in [9.17, 15) is 14.4 Å². The van der Waals surface area contributed by atoms with Crippen LogP contribution in [0.3, 0.4) is 0 Å². The van der Waals surface area contributed by atoms with E-state index in [4.69, 9.17) is 0 Å². The lowest BCUT2D eigenvalue weighted by Crippen LogP contribution is -2.30. The van der Waals surface area contributed by atoms with Gasteiger partial charge in [0.05, 0.1) is 10.9 Å². The number of rotatable bonds is 6. The summed E-state index contributed by atoms with van der Waals surface area (Å²) in [6, 6.07) is 10.2. The second kappa shape index (κ2) is 9.14. The quantitative estimate of drug-likeness (QED) is 0.553. The largest absolute Gasteiger partial charge is 0.468 e. The number of amides is 2. The Labute approximate surface area is 157 Å². The van der Waals surface area contributed by atoms with Gasteiger partial charge in [-0.05, 0) is 58.4 Å². The molecule has 2 amide bonds. The molecule has 0 radical (unpaired) electrons. The molecule has 130 valence electrons. The van der Waals surface area contributed by atoms with Crippen LogP contribution in [0, 0.1) is 0 Å². The van der Waals surface area contributed by atoms with Gasteiger partial charge in [0.15, 0.2) is 0 Å². The van der Waals surface area contributed by atoms with Crippen LogP contribution in [-0.2, 0) is 14.3 Å². The molecule has 0 bridgehead atoms. The van der Waals surface area contributed by atoms with Gasteiger partial charge in [0, 0.05) is 22.2 Å². The monoisotopic (exact) mass is 422 g/mol. The first-order chi connectivity index (χ1) is 12.0. The zero-order valence-corrected chi connectivity index (χ0v) is 15.6. The van der Waals surface area contributed by atoms with Crippen molar-refractivity contribution in [3.63, 3.8) is 0 Å². The van der Waals surface area contributed by atoms with Gasteiger partial charge in [-0.15, -0.1) is 11.3 Å². The Morgan fingerprint density at radius 1 is 1.16 bits per heavy atom. The van der Waals surface area contributed by atoms with Gasteiger partial charge in [-0.3, -0.25) is 14.4 Å². The molecule has 2 rings (SSSR count). The van der Waals surface area contributed by atoms with Crippen LogP contribution in [0.25, 0.3) is 6.08 Å². The Morgan fingerprint density at radius 3 is 2.48 bits per heavy atom. The molecule has 2 N–H and O–H groups in total. The number of ether oxygens (including phenoxy) is 1. The van der Waals surface area contributed by atoms with Gasteiger partial charge >= 0.3 is 5.97 Å². The number of hydrogen-bond donors (Lipinski definition) is 2. The normalized spacial score (nSPS) is 10.5. The molecule has 8 heteroatoms. The maximum absolute atomic E-state index is 11.9. The van der Waals surface area contributed by atoms with Crippen LogP contribution < -0.4 is 10.6 Å². The number of carbonyl (C=O) groups excluding carboxylic acids is 3. The Bertz CT molecular complexity index is 799. The number of hydrogen-bond acceptors (Lipinski definition) is 5. The molecule has 6 nitrogen and oxygen atoms in total. The summed E-state index contributed by atoms with van der Waals surface area (Å²) >= 11 is 4.88. The minimum atomic E-state index is -0.526. The lowest BCUT2D eigenvalue weighted by Gasteiger charge is -2.06. The molecule has 0 saturated heterocycles. The highest BCUT2D eigenvalue weighted by molar-refractivity contribution is 9.11. The van der Waals surface area contributed by atoms with Crippen LogP contribution >= 0.6 is 27.3 Å². The van der Waals surface area contributed by atoms with Crippen molar-refractivity contribution in [2.45, 2.75) is 0 Å². The molecule has 25 heavy (non-hydrogen) atoms. The number of anilines is 1. The molecule has 0 unspecified atom stereocenters. The Morgan fingerprint density at radius 2 is 1.88 bits per heavy atom. The maximum atomic E-state index is 11.9. The summed E-state index contributed by atoms with van der Waals surface area (Å²) in [7, 11) is 1.25. The van der Waals surface area contributed by atoms with Crippen LogP contribution in [0.4, 0.5) is 5.69 Å². The van der Waals surface area contributed by atoms with E-state index in [-0.39, 0.29) is 12.5 Å². The molecule has 1 aromatic carbocycles. The minimum Gasteiger partial charge on any atom is -0.468 e. The van der Waals surface area contributed by atoms with Crippen LogP contribution in [0.1, 0.15) is 15.2 Å². The molecule has 0 spiro atoms. The van der Waals surface area contributed by atoms with Gasteiger partial charge in [0.2, 0.25) is 5.91 Å². The lowest BCUT2D eigenvalue weighted by atomic mass is 10.2. The molecule has 1 aromatic heterocycles. The molecule has 0 aliphatic rings. The molecule has 1 heterocycles. The van der Waals surface area contributed by atoms with Gasteiger partial charge in [-0.1, -0.05) is 0 Å². The number of thiophene rings is 1. The highest BCUT2D eigenvalue weighted by Gasteiger charge is 2.08. The highest BCUT2D eigenvalue weighted by atomic mass is 79.9. The number of carbonyl (C=O) groups is 3. The highest BCUT2D eigenvalue weighted by Crippen LogP contribution is 2.23. The van der Waals surface area contributed by atoms with Crippen molar-refractivity contribution in [2.75, 3.05) is 19.0 Å². The molecular weight excluding hydrogens is 408 g/mol. The van der Waals surface area contributed by atoms with E-state index in [1.54, 1.807) is 30.3 Å². The van der Waals surface area contributed by atoms with E-state index in [0.717, 1.165) is 8.66 Å². The van der Waals surface area contributed by atoms with Gasteiger partial charge in [-0.25, -0.2) is 0 Å². The summed E-state index contributed by atoms with van der Waals surface area (Å²) < 4.78 is 5.44. The Balaban J connectivity index is 1.89. The van der Waals surface area contributed by atoms with Crippen LogP contribution in [0.2, 0.25) is 0 Å². The molecule has 0 aliphatic carbocycles. The molecule has 0 atom stereocenters. The van der Waals surface area contributed by atoms with Gasteiger partial charge in [-0.2, -0.15) is 0 Å². The number of benzene rings is 1. The summed E-state index contributed by atoms with van der Waals surface area (Å²) in [6.45, 7) is -0.197. The molecule has 0 aliphatic heterocycles. The number of methoxy groups -OCH3 is 1. The fourth-order valence-electron chi connectivity index (χ4n) is 1.79. The summed E-state index contributed by atoms with van der Waals surface area (Å²) in [5.74, 6) is -1.19. The Kier molecular flexibility index (Phi) is 6.91. The third-order valence-corrected chi connectivity index (χ3v) is 4.62. The van der Waals surface area contributed by atoms with E-state index < -0.39 is 11.9 Å². The zero-order chi connectivity index (χ0) is 18.2. The van der Waals surface area contributed by atoms with E-state index >= 15 is 0 Å². The van der Waals surface area contributed by atoms with Crippen molar-refractivity contribution in [2.24, 2.45) is 0 Å². The molecule has 2 aromatic rings. The maximum Gasteiger partial charge on any atom is 0.325 e. The van der Waals surface area contributed by atoms with Crippen molar-refractivity contribution in [3.05, 3.63) is 56.7 Å². The van der Waals surface area contributed by atoms with Crippen LogP contribution in [-0.4, -0.2) is 31.4 Å². The fourth-order valence-corrected chi connectivity index (χ4v) is 3.12. The molecule has 0 fully saturated rings. The van der Waals surface area contributed by atoms with E-state index in [2.05, 4.69) is 31.3 Å². The smallest absolute Gasteiger partial charge is 0.325 e.